The van der Waals surface area contributed by atoms with Crippen molar-refractivity contribution >= 4 is 0 Å². The summed E-state index contributed by atoms with van der Waals surface area (Å²) in [5, 5.41) is 0. The summed E-state index contributed by atoms with van der Waals surface area (Å²) in [7, 11) is 0. The Morgan fingerprint density at radius 3 is 2.50 bits per heavy atom. The highest BCUT2D eigenvalue weighted by Gasteiger charge is 2.31. The lowest BCUT2D eigenvalue weighted by atomic mass is 9.91. The van der Waals surface area contributed by atoms with E-state index in [2.05, 4.69) is 0 Å². The van der Waals surface area contributed by atoms with Gasteiger partial charge in [-0.3, -0.25) is 0 Å². The fourth-order valence-corrected chi connectivity index (χ4v) is 2.17. The molecule has 0 radical (unpaired) electrons. The van der Waals surface area contributed by atoms with Crippen LogP contribution in [0.15, 0.2) is 18.2 Å². The molecular weight excluding hydrogens is 212 g/mol. The molecule has 16 heavy (non-hydrogen) atoms. The number of rotatable bonds is 2. The molecule has 2 nitrogen and oxygen atoms in total. The van der Waals surface area contributed by atoms with Gasteiger partial charge in [-0.2, -0.15) is 0 Å². The lowest BCUT2D eigenvalue weighted by Gasteiger charge is -2.19. The molecule has 1 heterocycles. The van der Waals surface area contributed by atoms with Crippen molar-refractivity contribution in [1.82, 2.24) is 0 Å². The third-order valence-corrected chi connectivity index (χ3v) is 3.07. The maximum atomic E-state index is 13.5. The minimum Gasteiger partial charge on any atom is -0.378 e. The van der Waals surface area contributed by atoms with Crippen LogP contribution in [0.2, 0.25) is 0 Å². The minimum atomic E-state index is -0.633. The normalized spacial score (nSPS) is 27.0. The SMILES string of the molecule is CC1CC(C(N)c2c(F)cccc2F)CO1. The first-order valence-corrected chi connectivity index (χ1v) is 5.40. The highest BCUT2D eigenvalue weighted by Crippen LogP contribution is 2.32. The molecule has 88 valence electrons. The Bertz CT molecular complexity index is 363. The van der Waals surface area contributed by atoms with Crippen molar-refractivity contribution in [3.8, 4) is 0 Å². The second-order valence-electron chi connectivity index (χ2n) is 4.30. The van der Waals surface area contributed by atoms with E-state index < -0.39 is 17.7 Å². The molecule has 1 saturated heterocycles. The molecule has 1 aromatic carbocycles. The zero-order chi connectivity index (χ0) is 11.7. The Labute approximate surface area is 93.4 Å². The fraction of sp³-hybridized carbons (Fsp3) is 0.500. The number of hydrogen-bond donors (Lipinski definition) is 1. The smallest absolute Gasteiger partial charge is 0.130 e. The Balaban J connectivity index is 2.23. The second kappa shape index (κ2) is 4.47. The van der Waals surface area contributed by atoms with Gasteiger partial charge in [0.25, 0.3) is 0 Å². The van der Waals surface area contributed by atoms with Gasteiger partial charge in [-0.25, -0.2) is 8.78 Å². The van der Waals surface area contributed by atoms with Crippen LogP contribution in [0.5, 0.6) is 0 Å². The molecule has 1 fully saturated rings. The number of hydrogen-bond acceptors (Lipinski definition) is 2. The molecule has 4 heteroatoms. The topological polar surface area (TPSA) is 35.2 Å². The van der Waals surface area contributed by atoms with Gasteiger partial charge in [-0.1, -0.05) is 6.07 Å². The van der Waals surface area contributed by atoms with Crippen LogP contribution in [-0.4, -0.2) is 12.7 Å². The number of ether oxygens (including phenoxy) is 1. The summed E-state index contributed by atoms with van der Waals surface area (Å²) in [6, 6.07) is 3.18. The summed E-state index contributed by atoms with van der Waals surface area (Å²) in [4.78, 5) is 0. The van der Waals surface area contributed by atoms with E-state index in [0.717, 1.165) is 6.42 Å². The largest absolute Gasteiger partial charge is 0.378 e. The molecule has 0 spiro atoms. The highest BCUT2D eigenvalue weighted by atomic mass is 19.1. The Morgan fingerprint density at radius 1 is 1.38 bits per heavy atom. The van der Waals surface area contributed by atoms with Crippen molar-refractivity contribution in [3.05, 3.63) is 35.4 Å². The van der Waals surface area contributed by atoms with E-state index in [9.17, 15) is 8.78 Å². The van der Waals surface area contributed by atoms with Gasteiger partial charge in [0.2, 0.25) is 0 Å². The molecule has 3 atom stereocenters. The van der Waals surface area contributed by atoms with Crippen molar-refractivity contribution in [2.75, 3.05) is 6.61 Å². The van der Waals surface area contributed by atoms with E-state index in [1.165, 1.54) is 18.2 Å². The van der Waals surface area contributed by atoms with Crippen molar-refractivity contribution in [3.63, 3.8) is 0 Å². The molecular formula is C12H15F2NO. The van der Waals surface area contributed by atoms with E-state index >= 15 is 0 Å². The van der Waals surface area contributed by atoms with Crippen molar-refractivity contribution in [1.29, 1.82) is 0 Å². The van der Waals surface area contributed by atoms with E-state index in [4.69, 9.17) is 10.5 Å². The molecule has 1 aliphatic heterocycles. The van der Waals surface area contributed by atoms with E-state index in [1.807, 2.05) is 6.92 Å². The summed E-state index contributed by atoms with van der Waals surface area (Å²) >= 11 is 0. The molecule has 1 aromatic rings. The summed E-state index contributed by atoms with van der Waals surface area (Å²) in [6.45, 7) is 2.40. The average molecular weight is 227 g/mol. The van der Waals surface area contributed by atoms with E-state index in [0.29, 0.717) is 6.61 Å². The van der Waals surface area contributed by atoms with Crippen LogP contribution >= 0.6 is 0 Å². The van der Waals surface area contributed by atoms with Gasteiger partial charge in [0.1, 0.15) is 11.6 Å². The van der Waals surface area contributed by atoms with Gasteiger partial charge in [0.05, 0.1) is 12.7 Å². The zero-order valence-corrected chi connectivity index (χ0v) is 9.12. The summed E-state index contributed by atoms with van der Waals surface area (Å²) < 4.78 is 32.3. The summed E-state index contributed by atoms with van der Waals surface area (Å²) in [6.07, 6.45) is 0.862. The predicted octanol–water partition coefficient (Wildman–Crippen LogP) is 2.39. The van der Waals surface area contributed by atoms with Crippen LogP contribution in [0.25, 0.3) is 0 Å². The molecule has 0 amide bonds. The van der Waals surface area contributed by atoms with Crippen LogP contribution in [-0.2, 0) is 4.74 Å². The van der Waals surface area contributed by atoms with Crippen LogP contribution in [0.1, 0.15) is 24.9 Å². The molecule has 0 aromatic heterocycles. The zero-order valence-electron chi connectivity index (χ0n) is 9.12. The molecule has 2 N–H and O–H groups in total. The Morgan fingerprint density at radius 2 is 2.00 bits per heavy atom. The number of halogens is 2. The Kier molecular flexibility index (Phi) is 3.21. The van der Waals surface area contributed by atoms with Crippen LogP contribution < -0.4 is 5.73 Å². The maximum Gasteiger partial charge on any atom is 0.130 e. The first-order valence-electron chi connectivity index (χ1n) is 5.40. The molecule has 2 rings (SSSR count). The molecule has 3 unspecified atom stereocenters. The van der Waals surface area contributed by atoms with Gasteiger partial charge in [-0.15, -0.1) is 0 Å². The first kappa shape index (κ1) is 11.5. The molecule has 0 saturated carbocycles. The van der Waals surface area contributed by atoms with E-state index in [-0.39, 0.29) is 17.6 Å². The van der Waals surface area contributed by atoms with Gasteiger partial charge < -0.3 is 10.5 Å². The molecule has 0 aliphatic carbocycles. The predicted molar refractivity (Wildman–Crippen MR) is 56.8 cm³/mol. The monoisotopic (exact) mass is 227 g/mol. The van der Waals surface area contributed by atoms with Crippen LogP contribution in [0.4, 0.5) is 8.78 Å². The lowest BCUT2D eigenvalue weighted by Crippen LogP contribution is -2.24. The minimum absolute atomic E-state index is 0.0126. The van der Waals surface area contributed by atoms with Gasteiger partial charge in [0, 0.05) is 17.5 Å². The fourth-order valence-electron chi connectivity index (χ4n) is 2.17. The van der Waals surface area contributed by atoms with Crippen molar-refractivity contribution in [2.24, 2.45) is 11.7 Å². The van der Waals surface area contributed by atoms with Gasteiger partial charge in [-0.05, 0) is 25.5 Å². The number of benzene rings is 1. The third-order valence-electron chi connectivity index (χ3n) is 3.07. The number of nitrogens with two attached hydrogens (primary N) is 1. The van der Waals surface area contributed by atoms with Crippen LogP contribution in [0.3, 0.4) is 0 Å². The highest BCUT2D eigenvalue weighted by molar-refractivity contribution is 5.23. The van der Waals surface area contributed by atoms with Gasteiger partial charge in [0.15, 0.2) is 0 Å². The summed E-state index contributed by atoms with van der Waals surface area (Å²) in [5.41, 5.74) is 5.88. The summed E-state index contributed by atoms with van der Waals surface area (Å²) in [5.74, 6) is -1.17. The first-order chi connectivity index (χ1) is 7.59. The molecule has 0 bridgehead atoms. The quantitative estimate of drug-likeness (QED) is 0.842. The standard InChI is InChI=1S/C12H15F2NO/c1-7-5-8(6-16-7)12(15)11-9(13)3-2-4-10(11)14/h2-4,7-8,12H,5-6,15H2,1H3. The molecule has 1 aliphatic rings. The average Bonchev–Trinajstić information content (AvgIpc) is 2.64. The Hall–Kier alpha value is -1.00. The maximum absolute atomic E-state index is 13.5. The van der Waals surface area contributed by atoms with Crippen molar-refractivity contribution < 1.29 is 13.5 Å². The lowest BCUT2D eigenvalue weighted by molar-refractivity contribution is 0.118. The van der Waals surface area contributed by atoms with Gasteiger partial charge >= 0.3 is 0 Å². The second-order valence-corrected chi connectivity index (χ2v) is 4.30. The van der Waals surface area contributed by atoms with Crippen LogP contribution in [0, 0.1) is 17.6 Å². The van der Waals surface area contributed by atoms with E-state index in [1.54, 1.807) is 0 Å². The van der Waals surface area contributed by atoms with Crippen molar-refractivity contribution in [2.45, 2.75) is 25.5 Å². The third kappa shape index (κ3) is 2.08.